The third kappa shape index (κ3) is 2.34. The van der Waals surface area contributed by atoms with Crippen LogP contribution in [0.3, 0.4) is 0 Å². The van der Waals surface area contributed by atoms with Gasteiger partial charge in [0.15, 0.2) is 0 Å². The van der Waals surface area contributed by atoms with E-state index >= 15 is 0 Å². The number of ether oxygens (including phenoxy) is 1. The number of benzene rings is 1. The third-order valence-corrected chi connectivity index (χ3v) is 3.76. The summed E-state index contributed by atoms with van der Waals surface area (Å²) >= 11 is 0. The average molecular weight is 249 g/mol. The molecule has 98 valence electrons. The molecule has 1 atom stereocenters. The van der Waals surface area contributed by atoms with E-state index < -0.39 is 11.5 Å². The van der Waals surface area contributed by atoms with E-state index in [2.05, 4.69) is 0 Å². The Labute approximate surface area is 107 Å². The molecule has 0 aromatic heterocycles. The van der Waals surface area contributed by atoms with E-state index in [1.807, 2.05) is 36.1 Å². The van der Waals surface area contributed by atoms with Crippen molar-refractivity contribution in [3.05, 3.63) is 29.8 Å². The van der Waals surface area contributed by atoms with Crippen molar-refractivity contribution in [2.45, 2.75) is 31.8 Å². The van der Waals surface area contributed by atoms with Gasteiger partial charge < -0.3 is 9.84 Å². The monoisotopic (exact) mass is 249 g/mol. The van der Waals surface area contributed by atoms with Crippen LogP contribution in [0.5, 0.6) is 5.75 Å². The molecule has 4 nitrogen and oxygen atoms in total. The van der Waals surface area contributed by atoms with Crippen LogP contribution in [0.2, 0.25) is 0 Å². The molecule has 2 rings (SSSR count). The molecule has 1 aromatic carbocycles. The van der Waals surface area contributed by atoms with Gasteiger partial charge in [0.2, 0.25) is 0 Å². The van der Waals surface area contributed by atoms with Gasteiger partial charge in [0.25, 0.3) is 0 Å². The highest BCUT2D eigenvalue weighted by molar-refractivity contribution is 5.78. The Bertz CT molecular complexity index is 446. The van der Waals surface area contributed by atoms with E-state index in [1.165, 1.54) is 0 Å². The molecule has 1 saturated heterocycles. The summed E-state index contributed by atoms with van der Waals surface area (Å²) in [6.45, 7) is 3.29. The van der Waals surface area contributed by atoms with Crippen LogP contribution >= 0.6 is 0 Å². The summed E-state index contributed by atoms with van der Waals surface area (Å²) in [7, 11) is 1.64. The molecule has 0 saturated carbocycles. The number of nitrogens with zero attached hydrogens (tertiary/aromatic N) is 1. The summed E-state index contributed by atoms with van der Waals surface area (Å²) in [6.07, 6.45) is 1.65. The van der Waals surface area contributed by atoms with Gasteiger partial charge >= 0.3 is 5.97 Å². The van der Waals surface area contributed by atoms with Gasteiger partial charge in [-0.3, -0.25) is 9.69 Å². The summed E-state index contributed by atoms with van der Waals surface area (Å²) in [4.78, 5) is 13.4. The molecule has 18 heavy (non-hydrogen) atoms. The topological polar surface area (TPSA) is 49.8 Å². The Hall–Kier alpha value is -1.55. The molecule has 1 fully saturated rings. The van der Waals surface area contributed by atoms with Crippen molar-refractivity contribution < 1.29 is 14.6 Å². The number of hydrogen-bond acceptors (Lipinski definition) is 3. The summed E-state index contributed by atoms with van der Waals surface area (Å²) in [5.41, 5.74) is 0.354. The maximum atomic E-state index is 11.4. The Morgan fingerprint density at radius 3 is 3.00 bits per heavy atom. The first-order valence-electron chi connectivity index (χ1n) is 6.17. The fourth-order valence-electron chi connectivity index (χ4n) is 2.51. The second-order valence-electron chi connectivity index (χ2n) is 4.96. The fourth-order valence-corrected chi connectivity index (χ4v) is 2.51. The minimum atomic E-state index is -0.733. The summed E-state index contributed by atoms with van der Waals surface area (Å²) < 4.78 is 5.18. The zero-order valence-electron chi connectivity index (χ0n) is 10.8. The van der Waals surface area contributed by atoms with Gasteiger partial charge in [-0.2, -0.15) is 0 Å². The second-order valence-corrected chi connectivity index (χ2v) is 4.96. The van der Waals surface area contributed by atoms with Crippen LogP contribution in [0.4, 0.5) is 0 Å². The molecule has 1 heterocycles. The fraction of sp³-hybridized carbons (Fsp3) is 0.500. The van der Waals surface area contributed by atoms with Gasteiger partial charge in [0.1, 0.15) is 11.3 Å². The molecule has 1 N–H and O–H groups in total. The summed E-state index contributed by atoms with van der Waals surface area (Å²) in [6, 6.07) is 7.79. The molecule has 0 radical (unpaired) electrons. The molecule has 1 aliphatic heterocycles. The predicted molar refractivity (Wildman–Crippen MR) is 68.7 cm³/mol. The van der Waals surface area contributed by atoms with Crippen molar-refractivity contribution in [3.63, 3.8) is 0 Å². The molecule has 1 unspecified atom stereocenters. The molecule has 1 aromatic rings. The van der Waals surface area contributed by atoms with Crippen molar-refractivity contribution in [1.82, 2.24) is 4.90 Å². The number of carbonyl (C=O) groups is 1. The zero-order valence-corrected chi connectivity index (χ0v) is 10.8. The molecule has 4 heteroatoms. The zero-order chi connectivity index (χ0) is 13.2. The van der Waals surface area contributed by atoms with E-state index in [0.717, 1.165) is 24.3 Å². The van der Waals surface area contributed by atoms with Crippen LogP contribution in [-0.4, -0.2) is 35.2 Å². The summed E-state index contributed by atoms with van der Waals surface area (Å²) in [5, 5.41) is 9.36. The quantitative estimate of drug-likeness (QED) is 0.888. The predicted octanol–water partition coefficient (Wildman–Crippen LogP) is 2.13. The van der Waals surface area contributed by atoms with Crippen molar-refractivity contribution in [2.75, 3.05) is 13.7 Å². The second kappa shape index (κ2) is 4.98. The first kappa shape index (κ1) is 12.9. The minimum Gasteiger partial charge on any atom is -0.497 e. The molecule has 0 spiro atoms. The highest BCUT2D eigenvalue weighted by atomic mass is 16.5. The lowest BCUT2D eigenvalue weighted by Gasteiger charge is -2.31. The molecule has 1 aliphatic rings. The van der Waals surface area contributed by atoms with Gasteiger partial charge in [0.05, 0.1) is 7.11 Å². The van der Waals surface area contributed by atoms with Crippen molar-refractivity contribution in [3.8, 4) is 5.75 Å². The molecular formula is C14H19NO3. The van der Waals surface area contributed by atoms with Crippen molar-refractivity contribution in [1.29, 1.82) is 0 Å². The first-order chi connectivity index (χ1) is 8.56. The van der Waals surface area contributed by atoms with Crippen LogP contribution < -0.4 is 4.74 Å². The highest BCUT2D eigenvalue weighted by Crippen LogP contribution is 2.31. The van der Waals surface area contributed by atoms with Gasteiger partial charge in [-0.05, 0) is 44.0 Å². The minimum absolute atomic E-state index is 0.653. The van der Waals surface area contributed by atoms with Gasteiger partial charge in [0, 0.05) is 6.54 Å². The SMILES string of the molecule is COc1cccc(CN2CCCC2(C)C(=O)O)c1. The Morgan fingerprint density at radius 2 is 2.33 bits per heavy atom. The maximum Gasteiger partial charge on any atom is 0.323 e. The molecule has 0 bridgehead atoms. The van der Waals surface area contributed by atoms with E-state index in [4.69, 9.17) is 4.74 Å². The highest BCUT2D eigenvalue weighted by Gasteiger charge is 2.43. The van der Waals surface area contributed by atoms with Crippen LogP contribution in [0.15, 0.2) is 24.3 Å². The number of methoxy groups -OCH3 is 1. The Kier molecular flexibility index (Phi) is 3.57. The van der Waals surface area contributed by atoms with Crippen molar-refractivity contribution in [2.24, 2.45) is 0 Å². The van der Waals surface area contributed by atoms with E-state index in [1.54, 1.807) is 7.11 Å². The van der Waals surface area contributed by atoms with Crippen LogP contribution in [0.1, 0.15) is 25.3 Å². The Morgan fingerprint density at radius 1 is 1.56 bits per heavy atom. The smallest absolute Gasteiger partial charge is 0.323 e. The van der Waals surface area contributed by atoms with E-state index in [0.29, 0.717) is 13.0 Å². The Balaban J connectivity index is 2.15. The molecular weight excluding hydrogens is 230 g/mol. The van der Waals surface area contributed by atoms with Gasteiger partial charge in [-0.1, -0.05) is 12.1 Å². The van der Waals surface area contributed by atoms with Crippen LogP contribution in [-0.2, 0) is 11.3 Å². The number of carboxylic acids is 1. The normalized spacial score (nSPS) is 24.1. The molecule has 0 amide bonds. The standard InChI is InChI=1S/C14H19NO3/c1-14(13(16)17)7-4-8-15(14)10-11-5-3-6-12(9-11)18-2/h3,5-6,9H,4,7-8,10H2,1-2H3,(H,16,17). The van der Waals surface area contributed by atoms with Gasteiger partial charge in [-0.15, -0.1) is 0 Å². The maximum absolute atomic E-state index is 11.4. The van der Waals surface area contributed by atoms with Crippen LogP contribution in [0, 0.1) is 0 Å². The van der Waals surface area contributed by atoms with Crippen LogP contribution in [0.25, 0.3) is 0 Å². The molecule has 0 aliphatic carbocycles. The van der Waals surface area contributed by atoms with E-state index in [9.17, 15) is 9.90 Å². The number of carboxylic acid groups (broad SMARTS) is 1. The van der Waals surface area contributed by atoms with E-state index in [-0.39, 0.29) is 0 Å². The van der Waals surface area contributed by atoms with Gasteiger partial charge in [-0.25, -0.2) is 0 Å². The largest absolute Gasteiger partial charge is 0.497 e. The van der Waals surface area contributed by atoms with Crippen molar-refractivity contribution >= 4 is 5.97 Å². The number of rotatable bonds is 4. The third-order valence-electron chi connectivity index (χ3n) is 3.76. The first-order valence-corrected chi connectivity index (χ1v) is 6.17. The lowest BCUT2D eigenvalue weighted by Crippen LogP contribution is -2.47. The summed E-state index contributed by atoms with van der Waals surface area (Å²) in [5.74, 6) is 0.0756. The average Bonchev–Trinajstić information content (AvgIpc) is 2.73. The number of likely N-dealkylation sites (tertiary alicyclic amines) is 1. The lowest BCUT2D eigenvalue weighted by molar-refractivity contribution is -0.148. The number of aliphatic carboxylic acids is 1. The number of hydrogen-bond donors (Lipinski definition) is 1. The lowest BCUT2D eigenvalue weighted by atomic mass is 9.99.